The summed E-state index contributed by atoms with van der Waals surface area (Å²) in [6, 6.07) is 7.75. The summed E-state index contributed by atoms with van der Waals surface area (Å²) in [6.07, 6.45) is 2.01. The molecule has 0 radical (unpaired) electrons. The number of halogens is 1. The van der Waals surface area contributed by atoms with Crippen molar-refractivity contribution in [1.82, 2.24) is 15.2 Å². The molecule has 0 saturated carbocycles. The molecule has 0 saturated heterocycles. The van der Waals surface area contributed by atoms with E-state index in [9.17, 15) is 0 Å². The number of nitrogens with zero attached hydrogens (tertiary/aromatic N) is 3. The fourth-order valence-corrected chi connectivity index (χ4v) is 4.98. The van der Waals surface area contributed by atoms with E-state index in [1.807, 2.05) is 30.5 Å². The molecule has 0 spiro atoms. The first-order valence-electron chi connectivity index (χ1n) is 5.95. The number of thioether (sulfide) groups is 2. The molecule has 3 aromatic rings. The van der Waals surface area contributed by atoms with E-state index < -0.39 is 0 Å². The van der Waals surface area contributed by atoms with E-state index in [-0.39, 0.29) is 0 Å². The summed E-state index contributed by atoms with van der Waals surface area (Å²) in [6.45, 7) is 0. The summed E-state index contributed by atoms with van der Waals surface area (Å²) in [5, 5.41) is 12.1. The van der Waals surface area contributed by atoms with Gasteiger partial charge in [0.05, 0.1) is 11.4 Å². The SMILES string of the molecule is CSc1nnc(SCc2nc(-c3ccc(Cl)cc3)cs2)s1. The Labute approximate surface area is 144 Å². The molecule has 21 heavy (non-hydrogen) atoms. The van der Waals surface area contributed by atoms with E-state index in [4.69, 9.17) is 11.6 Å². The van der Waals surface area contributed by atoms with Gasteiger partial charge in [0.25, 0.3) is 0 Å². The van der Waals surface area contributed by atoms with Crippen molar-refractivity contribution in [3.63, 3.8) is 0 Å². The van der Waals surface area contributed by atoms with Crippen molar-refractivity contribution >= 4 is 57.8 Å². The van der Waals surface area contributed by atoms with Crippen LogP contribution in [0.3, 0.4) is 0 Å². The zero-order valence-electron chi connectivity index (χ0n) is 10.9. The number of benzene rings is 1. The van der Waals surface area contributed by atoms with Crippen molar-refractivity contribution < 1.29 is 0 Å². The molecule has 0 aliphatic carbocycles. The Morgan fingerprint density at radius 1 is 1.14 bits per heavy atom. The second-order valence-electron chi connectivity index (χ2n) is 3.96. The van der Waals surface area contributed by atoms with E-state index in [0.29, 0.717) is 0 Å². The molecule has 0 amide bonds. The van der Waals surface area contributed by atoms with Crippen LogP contribution in [0.1, 0.15) is 5.01 Å². The van der Waals surface area contributed by atoms with Crippen LogP contribution in [0.2, 0.25) is 5.02 Å². The van der Waals surface area contributed by atoms with Crippen molar-refractivity contribution in [2.45, 2.75) is 14.4 Å². The molecule has 8 heteroatoms. The molecule has 0 fully saturated rings. The van der Waals surface area contributed by atoms with Crippen molar-refractivity contribution in [3.05, 3.63) is 39.7 Å². The summed E-state index contributed by atoms with van der Waals surface area (Å²) >= 11 is 12.5. The third-order valence-electron chi connectivity index (χ3n) is 2.57. The number of rotatable bonds is 5. The third kappa shape index (κ3) is 3.98. The van der Waals surface area contributed by atoms with Crippen LogP contribution in [0.25, 0.3) is 11.3 Å². The van der Waals surface area contributed by atoms with E-state index in [1.165, 1.54) is 0 Å². The minimum Gasteiger partial charge on any atom is -0.240 e. The molecule has 0 N–H and O–H groups in total. The molecule has 2 heterocycles. The molecular weight excluding hydrogens is 362 g/mol. The highest BCUT2D eigenvalue weighted by Gasteiger charge is 2.08. The van der Waals surface area contributed by atoms with Crippen LogP contribution in [0.5, 0.6) is 0 Å². The maximum atomic E-state index is 5.90. The average molecular weight is 372 g/mol. The largest absolute Gasteiger partial charge is 0.240 e. The standard InChI is InChI=1S/C13H10ClN3S4/c1-18-12-16-17-13(21-12)20-7-11-15-10(6-19-11)8-2-4-9(14)5-3-8/h2-6H,7H2,1H3. The van der Waals surface area contributed by atoms with Crippen LogP contribution in [0.15, 0.2) is 38.3 Å². The Morgan fingerprint density at radius 3 is 2.62 bits per heavy atom. The van der Waals surface area contributed by atoms with Crippen LogP contribution in [-0.2, 0) is 5.75 Å². The fraction of sp³-hybridized carbons (Fsp3) is 0.154. The predicted molar refractivity (Wildman–Crippen MR) is 93.8 cm³/mol. The molecule has 3 rings (SSSR count). The van der Waals surface area contributed by atoms with Gasteiger partial charge < -0.3 is 0 Å². The lowest BCUT2D eigenvalue weighted by atomic mass is 10.2. The van der Waals surface area contributed by atoms with Gasteiger partial charge in [-0.05, 0) is 18.4 Å². The van der Waals surface area contributed by atoms with Gasteiger partial charge in [0.15, 0.2) is 8.68 Å². The number of hydrogen-bond donors (Lipinski definition) is 0. The van der Waals surface area contributed by atoms with Crippen LogP contribution in [0.4, 0.5) is 0 Å². The van der Waals surface area contributed by atoms with Gasteiger partial charge in [-0.3, -0.25) is 0 Å². The highest BCUT2D eigenvalue weighted by Crippen LogP contribution is 2.31. The van der Waals surface area contributed by atoms with Gasteiger partial charge in [-0.1, -0.05) is 58.6 Å². The van der Waals surface area contributed by atoms with Gasteiger partial charge in [0.2, 0.25) is 0 Å². The summed E-state index contributed by atoms with van der Waals surface area (Å²) in [5.74, 6) is 0.821. The minimum atomic E-state index is 0.741. The zero-order valence-corrected chi connectivity index (χ0v) is 15.0. The first kappa shape index (κ1) is 15.3. The van der Waals surface area contributed by atoms with Gasteiger partial charge in [0, 0.05) is 16.0 Å². The second-order valence-corrected chi connectivity index (χ2v) is 8.59. The monoisotopic (exact) mass is 371 g/mol. The quantitative estimate of drug-likeness (QED) is 0.567. The van der Waals surface area contributed by atoms with Crippen LogP contribution >= 0.6 is 57.8 Å². The van der Waals surface area contributed by atoms with E-state index in [2.05, 4.69) is 20.6 Å². The minimum absolute atomic E-state index is 0.741. The molecule has 1 aromatic carbocycles. The average Bonchev–Trinajstić information content (AvgIpc) is 3.15. The molecule has 0 aliphatic heterocycles. The molecule has 2 aromatic heterocycles. The maximum absolute atomic E-state index is 5.90. The maximum Gasteiger partial charge on any atom is 0.175 e. The van der Waals surface area contributed by atoms with Crippen molar-refractivity contribution in [3.8, 4) is 11.3 Å². The molecule has 108 valence electrons. The fourth-order valence-electron chi connectivity index (χ4n) is 1.59. The Balaban J connectivity index is 1.66. The van der Waals surface area contributed by atoms with Crippen molar-refractivity contribution in [1.29, 1.82) is 0 Å². The van der Waals surface area contributed by atoms with E-state index in [1.54, 1.807) is 46.2 Å². The zero-order chi connectivity index (χ0) is 14.7. The van der Waals surface area contributed by atoms with Crippen molar-refractivity contribution in [2.24, 2.45) is 0 Å². The predicted octanol–water partition coefficient (Wildman–Crippen LogP) is 5.33. The van der Waals surface area contributed by atoms with Gasteiger partial charge in [-0.2, -0.15) is 0 Å². The van der Waals surface area contributed by atoms with Crippen LogP contribution in [-0.4, -0.2) is 21.4 Å². The van der Waals surface area contributed by atoms with Crippen LogP contribution < -0.4 is 0 Å². The van der Waals surface area contributed by atoms with Crippen LogP contribution in [0, 0.1) is 0 Å². The lowest BCUT2D eigenvalue weighted by molar-refractivity contribution is 0.955. The summed E-state index contributed by atoms with van der Waals surface area (Å²) in [5.41, 5.74) is 2.09. The van der Waals surface area contributed by atoms with Gasteiger partial charge in [-0.25, -0.2) is 4.98 Å². The third-order valence-corrected chi connectivity index (χ3v) is 6.90. The highest BCUT2D eigenvalue weighted by molar-refractivity contribution is 8.02. The van der Waals surface area contributed by atoms with Gasteiger partial charge in [-0.15, -0.1) is 21.5 Å². The van der Waals surface area contributed by atoms with Crippen molar-refractivity contribution in [2.75, 3.05) is 6.26 Å². The summed E-state index contributed by atoms with van der Waals surface area (Å²) in [7, 11) is 0. The summed E-state index contributed by atoms with van der Waals surface area (Å²) in [4.78, 5) is 4.66. The Hall–Kier alpha value is -0.600. The smallest absolute Gasteiger partial charge is 0.175 e. The molecule has 3 nitrogen and oxygen atoms in total. The second kappa shape index (κ2) is 7.11. The normalized spacial score (nSPS) is 11.0. The molecular formula is C13H10ClN3S4. The first-order chi connectivity index (χ1) is 10.2. The Kier molecular flexibility index (Phi) is 5.18. The molecule has 0 aliphatic rings. The highest BCUT2D eigenvalue weighted by atomic mass is 35.5. The summed E-state index contributed by atoms with van der Waals surface area (Å²) < 4.78 is 1.99. The Bertz CT molecular complexity index is 723. The lowest BCUT2D eigenvalue weighted by Gasteiger charge is -1.96. The first-order valence-corrected chi connectivity index (χ1v) is 10.2. The lowest BCUT2D eigenvalue weighted by Crippen LogP contribution is -1.81. The molecule has 0 atom stereocenters. The van der Waals surface area contributed by atoms with E-state index in [0.717, 1.165) is 35.7 Å². The molecule has 0 unspecified atom stereocenters. The van der Waals surface area contributed by atoms with Gasteiger partial charge >= 0.3 is 0 Å². The number of aromatic nitrogens is 3. The number of hydrogen-bond acceptors (Lipinski definition) is 7. The molecule has 0 bridgehead atoms. The Morgan fingerprint density at radius 2 is 1.90 bits per heavy atom. The number of thiazole rings is 1. The van der Waals surface area contributed by atoms with E-state index >= 15 is 0 Å². The topological polar surface area (TPSA) is 38.7 Å². The van der Waals surface area contributed by atoms with Gasteiger partial charge in [0.1, 0.15) is 5.01 Å².